The zero-order valence-corrected chi connectivity index (χ0v) is 15.3. The van der Waals surface area contributed by atoms with Crippen molar-refractivity contribution >= 4 is 5.78 Å². The van der Waals surface area contributed by atoms with Crippen LogP contribution >= 0.6 is 0 Å². The highest BCUT2D eigenvalue weighted by Crippen LogP contribution is 2.14. The fourth-order valence-electron chi connectivity index (χ4n) is 2.52. The summed E-state index contributed by atoms with van der Waals surface area (Å²) in [6.07, 6.45) is 3.84. The van der Waals surface area contributed by atoms with Crippen molar-refractivity contribution in [2.75, 3.05) is 0 Å². The van der Waals surface area contributed by atoms with Crippen LogP contribution in [0.5, 0.6) is 0 Å². The number of benzene rings is 1. The average Bonchev–Trinajstić information content (AvgIpc) is 2.57. The molecule has 0 saturated heterocycles. The van der Waals surface area contributed by atoms with Gasteiger partial charge in [-0.05, 0) is 31.5 Å². The second-order valence-corrected chi connectivity index (χ2v) is 5.73. The highest BCUT2D eigenvalue weighted by atomic mass is 79.9. The third-order valence-electron chi connectivity index (χ3n) is 3.76. The van der Waals surface area contributed by atoms with Gasteiger partial charge in [-0.15, -0.1) is 0 Å². The van der Waals surface area contributed by atoms with E-state index < -0.39 is 0 Å². The molecule has 24 heavy (non-hydrogen) atoms. The summed E-state index contributed by atoms with van der Waals surface area (Å²) in [5.41, 5.74) is 4.77. The van der Waals surface area contributed by atoms with Gasteiger partial charge in [-0.3, -0.25) is 4.79 Å². The van der Waals surface area contributed by atoms with E-state index in [4.69, 9.17) is 0 Å². The molecule has 0 fully saturated rings. The highest BCUT2D eigenvalue weighted by Gasteiger charge is 2.19. The van der Waals surface area contributed by atoms with E-state index >= 15 is 0 Å². The van der Waals surface area contributed by atoms with Gasteiger partial charge in [0.25, 0.3) is 0 Å². The number of aromatic nitrogens is 2. The minimum atomic E-state index is 0. The molecule has 2 heterocycles. The molecular formula is C20H19BrN2O. The fourth-order valence-corrected chi connectivity index (χ4v) is 2.52. The Morgan fingerprint density at radius 2 is 1.67 bits per heavy atom. The number of Topliss-reactive ketones (excluding diaryl/α,β-unsaturated/α-hetero) is 1. The summed E-state index contributed by atoms with van der Waals surface area (Å²) in [6, 6.07) is 17.5. The van der Waals surface area contributed by atoms with Crippen molar-refractivity contribution in [1.82, 2.24) is 4.98 Å². The zero-order valence-electron chi connectivity index (χ0n) is 13.7. The number of hydrogen-bond donors (Lipinski definition) is 0. The van der Waals surface area contributed by atoms with Gasteiger partial charge >= 0.3 is 0 Å². The van der Waals surface area contributed by atoms with E-state index in [2.05, 4.69) is 4.98 Å². The van der Waals surface area contributed by atoms with Gasteiger partial charge in [0.15, 0.2) is 6.20 Å². The largest absolute Gasteiger partial charge is 1.00 e. The van der Waals surface area contributed by atoms with Crippen molar-refractivity contribution < 1.29 is 26.3 Å². The molecular weight excluding hydrogens is 364 g/mol. The second-order valence-electron chi connectivity index (χ2n) is 5.73. The molecule has 2 aromatic heterocycles. The van der Waals surface area contributed by atoms with Gasteiger partial charge in [0.1, 0.15) is 5.69 Å². The third-order valence-corrected chi connectivity index (χ3v) is 3.76. The quantitative estimate of drug-likeness (QED) is 0.487. The molecule has 0 radical (unpaired) electrons. The van der Waals surface area contributed by atoms with Crippen LogP contribution in [0.1, 0.15) is 21.5 Å². The van der Waals surface area contributed by atoms with Crippen LogP contribution in [0.15, 0.2) is 67.0 Å². The Morgan fingerprint density at radius 3 is 2.33 bits per heavy atom. The summed E-state index contributed by atoms with van der Waals surface area (Å²) in [6.45, 7) is 4.34. The molecule has 0 bridgehead atoms. The summed E-state index contributed by atoms with van der Waals surface area (Å²) < 4.78 is 1.97. The van der Waals surface area contributed by atoms with Crippen molar-refractivity contribution in [2.24, 2.45) is 0 Å². The predicted octanol–water partition coefficient (Wildman–Crippen LogP) is 0.540. The van der Waals surface area contributed by atoms with E-state index in [1.807, 2.05) is 85.4 Å². The topological polar surface area (TPSA) is 33.8 Å². The first-order valence-corrected chi connectivity index (χ1v) is 7.65. The first kappa shape index (κ1) is 18.0. The van der Waals surface area contributed by atoms with Crippen molar-refractivity contribution in [1.29, 1.82) is 0 Å². The molecule has 3 aromatic rings. The van der Waals surface area contributed by atoms with Gasteiger partial charge in [0.05, 0.1) is 0 Å². The highest BCUT2D eigenvalue weighted by molar-refractivity contribution is 5.95. The molecule has 0 amide bonds. The van der Waals surface area contributed by atoms with Gasteiger partial charge in [0.2, 0.25) is 18.0 Å². The number of carbonyl (C=O) groups is 1. The number of nitrogens with zero attached hydrogens (tertiary/aromatic N) is 2. The molecule has 4 heteroatoms. The van der Waals surface area contributed by atoms with Gasteiger partial charge in [-0.1, -0.05) is 36.4 Å². The van der Waals surface area contributed by atoms with E-state index in [-0.39, 0.29) is 22.8 Å². The molecule has 122 valence electrons. The van der Waals surface area contributed by atoms with Crippen LogP contribution in [0.4, 0.5) is 0 Å². The smallest absolute Gasteiger partial charge is 0.231 e. The predicted molar refractivity (Wildman–Crippen MR) is 90.1 cm³/mol. The van der Waals surface area contributed by atoms with Crippen LogP contribution in [0, 0.1) is 13.8 Å². The Hall–Kier alpha value is -2.33. The van der Waals surface area contributed by atoms with E-state index in [1.54, 1.807) is 0 Å². The molecule has 0 saturated carbocycles. The van der Waals surface area contributed by atoms with Crippen molar-refractivity contribution in [3.8, 4) is 11.4 Å². The maximum absolute atomic E-state index is 12.5. The number of ketones is 1. The molecule has 0 aliphatic rings. The normalized spacial score (nSPS) is 10.1. The first-order valence-electron chi connectivity index (χ1n) is 7.65. The number of rotatable bonds is 4. The fraction of sp³-hybridized carbons (Fsp3) is 0.150. The minimum absolute atomic E-state index is 0. The summed E-state index contributed by atoms with van der Waals surface area (Å²) in [5, 5.41) is 0. The molecule has 3 nitrogen and oxygen atoms in total. The third kappa shape index (κ3) is 4.15. The molecule has 1 aromatic carbocycles. The molecule has 0 N–H and O–H groups in total. The molecule has 3 rings (SSSR count). The van der Waals surface area contributed by atoms with Crippen LogP contribution in [0.25, 0.3) is 11.4 Å². The maximum atomic E-state index is 12.5. The van der Waals surface area contributed by atoms with E-state index in [0.717, 1.165) is 28.1 Å². The Labute approximate surface area is 152 Å². The van der Waals surface area contributed by atoms with Crippen LogP contribution in [-0.4, -0.2) is 10.8 Å². The van der Waals surface area contributed by atoms with E-state index in [0.29, 0.717) is 6.54 Å². The molecule has 0 aliphatic heterocycles. The van der Waals surface area contributed by atoms with Crippen LogP contribution in [0.3, 0.4) is 0 Å². The van der Waals surface area contributed by atoms with Gasteiger partial charge in [-0.2, -0.15) is 4.57 Å². The van der Waals surface area contributed by atoms with Gasteiger partial charge in [0, 0.05) is 23.4 Å². The molecule has 0 unspecified atom stereocenters. The van der Waals surface area contributed by atoms with Crippen molar-refractivity contribution in [2.45, 2.75) is 20.4 Å². The summed E-state index contributed by atoms with van der Waals surface area (Å²) >= 11 is 0. The standard InChI is InChI=1S/C20H19N2O.BrH/c1-15-8-10-18(21-12-15)19-11-9-16(2)13-22(19)14-20(23)17-6-4-3-5-7-17;/h3-13H,14H2,1-2H3;1H/q+1;/p-1. The van der Waals surface area contributed by atoms with Crippen molar-refractivity contribution in [3.05, 3.63) is 83.7 Å². The first-order chi connectivity index (χ1) is 11.1. The minimum Gasteiger partial charge on any atom is -1.00 e. The number of halogens is 1. The average molecular weight is 383 g/mol. The summed E-state index contributed by atoms with van der Waals surface area (Å²) in [4.78, 5) is 17.0. The van der Waals surface area contributed by atoms with Crippen LogP contribution < -0.4 is 21.5 Å². The molecule has 0 atom stereocenters. The number of pyridine rings is 2. The Balaban J connectivity index is 0.00000208. The Bertz CT molecular complexity index is 830. The summed E-state index contributed by atoms with van der Waals surface area (Å²) in [5.74, 6) is 0.0922. The zero-order chi connectivity index (χ0) is 16.2. The lowest BCUT2D eigenvalue weighted by molar-refractivity contribution is -0.672. The van der Waals surface area contributed by atoms with Crippen LogP contribution in [-0.2, 0) is 6.54 Å². The van der Waals surface area contributed by atoms with Crippen molar-refractivity contribution in [3.63, 3.8) is 0 Å². The second kappa shape index (κ2) is 7.97. The number of carbonyl (C=O) groups excluding carboxylic acids is 1. The SMILES string of the molecule is Cc1ccc(-c2ccc(C)c[n+]2CC(=O)c2ccccc2)nc1.[Br-]. The summed E-state index contributed by atoms with van der Waals surface area (Å²) in [7, 11) is 0. The van der Waals surface area contributed by atoms with Gasteiger partial charge in [-0.25, -0.2) is 4.98 Å². The number of aryl methyl sites for hydroxylation is 2. The Kier molecular flexibility index (Phi) is 5.99. The number of hydrogen-bond acceptors (Lipinski definition) is 2. The van der Waals surface area contributed by atoms with E-state index in [1.165, 1.54) is 0 Å². The molecule has 0 spiro atoms. The molecule has 0 aliphatic carbocycles. The monoisotopic (exact) mass is 382 g/mol. The van der Waals surface area contributed by atoms with Gasteiger partial charge < -0.3 is 17.0 Å². The van der Waals surface area contributed by atoms with E-state index in [9.17, 15) is 4.79 Å². The lowest BCUT2D eigenvalue weighted by atomic mass is 10.1. The lowest BCUT2D eigenvalue weighted by Crippen LogP contribution is -3.00. The van der Waals surface area contributed by atoms with Crippen LogP contribution in [0.2, 0.25) is 0 Å². The maximum Gasteiger partial charge on any atom is 0.231 e. The lowest BCUT2D eigenvalue weighted by Gasteiger charge is -2.05. The Morgan fingerprint density at radius 1 is 0.958 bits per heavy atom.